The van der Waals surface area contributed by atoms with Crippen LogP contribution in [0.15, 0.2) is 81.8 Å². The van der Waals surface area contributed by atoms with E-state index in [-0.39, 0.29) is 17.3 Å². The van der Waals surface area contributed by atoms with Gasteiger partial charge in [-0.25, -0.2) is 9.79 Å². The second-order valence-electron chi connectivity index (χ2n) is 5.71. The number of hydrogen-bond donors (Lipinski definition) is 0. The fourth-order valence-corrected chi connectivity index (χ4v) is 2.58. The highest BCUT2D eigenvalue weighted by molar-refractivity contribution is 6.12. The molecule has 0 unspecified atom stereocenters. The summed E-state index contributed by atoms with van der Waals surface area (Å²) < 4.78 is 10.9. The fraction of sp³-hybridized carbons (Fsp3) is 0. The molecule has 0 saturated carbocycles. The third-order valence-corrected chi connectivity index (χ3v) is 3.91. The molecule has 27 heavy (non-hydrogen) atoms. The molecule has 132 valence electrons. The molecule has 1 aliphatic rings. The van der Waals surface area contributed by atoms with Crippen LogP contribution in [0, 0.1) is 10.1 Å². The van der Waals surface area contributed by atoms with E-state index in [0.717, 1.165) is 0 Å². The first kappa shape index (κ1) is 16.5. The molecule has 0 bridgehead atoms. The number of nitro benzene ring substituents is 1. The van der Waals surface area contributed by atoms with E-state index >= 15 is 0 Å². The van der Waals surface area contributed by atoms with Crippen LogP contribution >= 0.6 is 0 Å². The van der Waals surface area contributed by atoms with Gasteiger partial charge >= 0.3 is 5.97 Å². The molecule has 7 nitrogen and oxygen atoms in total. The number of furan rings is 1. The number of hydrogen-bond acceptors (Lipinski definition) is 6. The number of rotatable bonds is 4. The number of benzene rings is 2. The molecule has 3 aromatic rings. The van der Waals surface area contributed by atoms with Gasteiger partial charge in [-0.1, -0.05) is 18.2 Å². The summed E-state index contributed by atoms with van der Waals surface area (Å²) in [4.78, 5) is 26.5. The summed E-state index contributed by atoms with van der Waals surface area (Å²) >= 11 is 0. The number of esters is 1. The van der Waals surface area contributed by atoms with Gasteiger partial charge in [0, 0.05) is 29.3 Å². The van der Waals surface area contributed by atoms with Gasteiger partial charge in [-0.15, -0.1) is 0 Å². The maximum Gasteiger partial charge on any atom is 0.363 e. The third kappa shape index (κ3) is 3.38. The molecule has 0 N–H and O–H groups in total. The Labute approximate surface area is 153 Å². The second-order valence-corrected chi connectivity index (χ2v) is 5.71. The minimum atomic E-state index is -0.554. The first-order valence-corrected chi connectivity index (χ1v) is 8.03. The summed E-state index contributed by atoms with van der Waals surface area (Å²) in [6.07, 6.45) is 1.49. The highest BCUT2D eigenvalue weighted by Crippen LogP contribution is 2.26. The van der Waals surface area contributed by atoms with Crippen LogP contribution in [-0.2, 0) is 9.53 Å². The van der Waals surface area contributed by atoms with Gasteiger partial charge in [-0.2, -0.15) is 0 Å². The van der Waals surface area contributed by atoms with Gasteiger partial charge in [0.25, 0.3) is 5.69 Å². The molecule has 0 amide bonds. The van der Waals surface area contributed by atoms with Crippen LogP contribution in [0.2, 0.25) is 0 Å². The summed E-state index contributed by atoms with van der Waals surface area (Å²) in [5.74, 6) is 0.639. The molecule has 0 radical (unpaired) electrons. The lowest BCUT2D eigenvalue weighted by molar-refractivity contribution is -0.384. The third-order valence-electron chi connectivity index (χ3n) is 3.91. The Bertz CT molecular complexity index is 1080. The standard InChI is InChI=1S/C20H12N2O5/c23-20-17(21-19(27-20)14-4-2-1-3-5-14)12-16-10-11-18(26-16)13-6-8-15(9-7-13)22(24)25/h1-12H/b17-12+. The van der Waals surface area contributed by atoms with Crippen LogP contribution in [0.3, 0.4) is 0 Å². The van der Waals surface area contributed by atoms with Crippen molar-refractivity contribution in [1.29, 1.82) is 0 Å². The zero-order valence-electron chi connectivity index (χ0n) is 13.9. The Morgan fingerprint density at radius 2 is 1.67 bits per heavy atom. The summed E-state index contributed by atoms with van der Waals surface area (Å²) in [7, 11) is 0. The van der Waals surface area contributed by atoms with Crippen LogP contribution < -0.4 is 0 Å². The van der Waals surface area contributed by atoms with Crippen molar-refractivity contribution in [3.05, 3.63) is 93.9 Å². The SMILES string of the molecule is O=C1OC(c2ccccc2)=N/C1=C/c1ccc(-c2ccc([N+](=O)[O-])cc2)o1. The van der Waals surface area contributed by atoms with Crippen LogP contribution in [0.4, 0.5) is 5.69 Å². The Morgan fingerprint density at radius 3 is 2.37 bits per heavy atom. The minimum absolute atomic E-state index is 0.00382. The van der Waals surface area contributed by atoms with E-state index in [9.17, 15) is 14.9 Å². The first-order valence-electron chi connectivity index (χ1n) is 8.03. The van der Waals surface area contributed by atoms with Crippen LogP contribution in [-0.4, -0.2) is 16.8 Å². The first-order chi connectivity index (χ1) is 13.1. The lowest BCUT2D eigenvalue weighted by Gasteiger charge is -1.97. The number of carbonyl (C=O) groups is 1. The highest BCUT2D eigenvalue weighted by Gasteiger charge is 2.24. The number of aliphatic imine (C=N–C) groups is 1. The van der Waals surface area contributed by atoms with Crippen molar-refractivity contribution < 1.29 is 18.9 Å². The van der Waals surface area contributed by atoms with Crippen molar-refractivity contribution in [2.24, 2.45) is 4.99 Å². The monoisotopic (exact) mass is 360 g/mol. The van der Waals surface area contributed by atoms with E-state index in [0.29, 0.717) is 22.6 Å². The topological polar surface area (TPSA) is 94.9 Å². The van der Waals surface area contributed by atoms with E-state index in [1.807, 2.05) is 18.2 Å². The van der Waals surface area contributed by atoms with Gasteiger partial charge in [0.05, 0.1) is 4.92 Å². The van der Waals surface area contributed by atoms with Crippen LogP contribution in [0.1, 0.15) is 11.3 Å². The van der Waals surface area contributed by atoms with Crippen molar-refractivity contribution in [2.75, 3.05) is 0 Å². The molecule has 1 aromatic heterocycles. The molecule has 1 aliphatic heterocycles. The Balaban J connectivity index is 1.59. The Morgan fingerprint density at radius 1 is 0.926 bits per heavy atom. The van der Waals surface area contributed by atoms with Crippen molar-refractivity contribution in [1.82, 2.24) is 0 Å². The average Bonchev–Trinajstić information content (AvgIpc) is 3.30. The van der Waals surface area contributed by atoms with Crippen molar-refractivity contribution in [3.8, 4) is 11.3 Å². The Hall–Kier alpha value is -4.00. The molecular formula is C20H12N2O5. The molecule has 0 saturated heterocycles. The lowest BCUT2D eigenvalue weighted by Crippen LogP contribution is -2.04. The highest BCUT2D eigenvalue weighted by atomic mass is 16.6. The average molecular weight is 360 g/mol. The quantitative estimate of drug-likeness (QED) is 0.301. The maximum atomic E-state index is 12.0. The summed E-state index contributed by atoms with van der Waals surface area (Å²) in [6.45, 7) is 0. The zero-order chi connectivity index (χ0) is 18.8. The van der Waals surface area contributed by atoms with Gasteiger partial charge in [0.2, 0.25) is 5.90 Å². The van der Waals surface area contributed by atoms with E-state index in [1.165, 1.54) is 18.2 Å². The van der Waals surface area contributed by atoms with E-state index in [2.05, 4.69) is 4.99 Å². The summed E-state index contributed by atoms with van der Waals surface area (Å²) in [5.41, 5.74) is 1.54. The van der Waals surface area contributed by atoms with Crippen LogP contribution in [0.25, 0.3) is 17.4 Å². The smallest absolute Gasteiger partial charge is 0.363 e. The van der Waals surface area contributed by atoms with Gasteiger partial charge in [0.1, 0.15) is 11.5 Å². The van der Waals surface area contributed by atoms with Crippen molar-refractivity contribution in [3.63, 3.8) is 0 Å². The number of non-ortho nitro benzene ring substituents is 1. The number of carbonyl (C=O) groups excluding carboxylic acids is 1. The number of nitrogens with zero attached hydrogens (tertiary/aromatic N) is 2. The van der Waals surface area contributed by atoms with Gasteiger partial charge < -0.3 is 9.15 Å². The Kier molecular flexibility index (Phi) is 4.10. The van der Waals surface area contributed by atoms with E-state index in [1.54, 1.807) is 36.4 Å². The van der Waals surface area contributed by atoms with Gasteiger partial charge in [-0.3, -0.25) is 10.1 Å². The molecule has 2 heterocycles. The largest absolute Gasteiger partial charge is 0.457 e. The minimum Gasteiger partial charge on any atom is -0.457 e. The second kappa shape index (κ2) is 6.72. The fourth-order valence-electron chi connectivity index (χ4n) is 2.58. The van der Waals surface area contributed by atoms with E-state index in [4.69, 9.17) is 9.15 Å². The van der Waals surface area contributed by atoms with Gasteiger partial charge in [-0.05, 0) is 36.4 Å². The molecule has 4 rings (SSSR count). The molecule has 0 aliphatic carbocycles. The van der Waals surface area contributed by atoms with Crippen molar-refractivity contribution in [2.45, 2.75) is 0 Å². The normalized spacial score (nSPS) is 14.9. The maximum absolute atomic E-state index is 12.0. The number of ether oxygens (including phenoxy) is 1. The molecular weight excluding hydrogens is 348 g/mol. The number of nitro groups is 1. The summed E-state index contributed by atoms with van der Waals surface area (Å²) in [6, 6.07) is 18.5. The zero-order valence-corrected chi connectivity index (χ0v) is 13.9. The molecule has 0 spiro atoms. The molecule has 0 fully saturated rings. The molecule has 7 heteroatoms. The van der Waals surface area contributed by atoms with Crippen LogP contribution in [0.5, 0.6) is 0 Å². The molecule has 0 atom stereocenters. The predicted octanol–water partition coefficient (Wildman–Crippen LogP) is 4.20. The van der Waals surface area contributed by atoms with Gasteiger partial charge in [0.15, 0.2) is 5.70 Å². The lowest BCUT2D eigenvalue weighted by atomic mass is 10.1. The molecule has 2 aromatic carbocycles. The van der Waals surface area contributed by atoms with E-state index < -0.39 is 10.9 Å². The number of cyclic esters (lactones) is 1. The van der Waals surface area contributed by atoms with Crippen molar-refractivity contribution >= 4 is 23.6 Å². The summed E-state index contributed by atoms with van der Waals surface area (Å²) in [5, 5.41) is 10.7. The predicted molar refractivity (Wildman–Crippen MR) is 97.8 cm³/mol.